The summed E-state index contributed by atoms with van der Waals surface area (Å²) in [7, 11) is 1.56. The lowest BCUT2D eigenvalue weighted by Gasteiger charge is -2.20. The highest BCUT2D eigenvalue weighted by atomic mass is 35.5. The van der Waals surface area contributed by atoms with Gasteiger partial charge in [0, 0.05) is 12.0 Å². The zero-order valence-corrected chi connectivity index (χ0v) is 13.6. The number of carbonyl (C=O) groups excluding carboxylic acids is 1. The van der Waals surface area contributed by atoms with E-state index in [0.29, 0.717) is 5.75 Å². The second-order valence-electron chi connectivity index (χ2n) is 5.47. The summed E-state index contributed by atoms with van der Waals surface area (Å²) in [5.74, 6) is -2.56. The number of nitrogens with one attached hydrogen (secondary N) is 2. The Balaban J connectivity index is 0.00000242. The van der Waals surface area contributed by atoms with Crippen LogP contribution in [0, 0.1) is 6.92 Å². The number of aryl methyl sites for hydroxylation is 1. The van der Waals surface area contributed by atoms with Gasteiger partial charge < -0.3 is 10.1 Å². The van der Waals surface area contributed by atoms with E-state index in [2.05, 4.69) is 10.6 Å². The van der Waals surface area contributed by atoms with Gasteiger partial charge in [-0.3, -0.25) is 10.1 Å². The van der Waals surface area contributed by atoms with Crippen LogP contribution in [0.1, 0.15) is 30.5 Å². The quantitative estimate of drug-likeness (QED) is 0.890. The minimum Gasteiger partial charge on any atom is -0.496 e. The molecule has 0 radical (unpaired) electrons. The normalized spacial score (nSPS) is 20.9. The van der Waals surface area contributed by atoms with Gasteiger partial charge in [0.1, 0.15) is 5.75 Å². The van der Waals surface area contributed by atoms with Crippen LogP contribution in [0.15, 0.2) is 18.2 Å². The Bertz CT molecular complexity index is 540. The third-order valence-electron chi connectivity index (χ3n) is 3.64. The number of benzene rings is 1. The molecule has 0 aliphatic carbocycles. The van der Waals surface area contributed by atoms with Crippen molar-refractivity contribution in [3.8, 4) is 5.75 Å². The number of hydrogen-bond acceptors (Lipinski definition) is 3. The van der Waals surface area contributed by atoms with Crippen molar-refractivity contribution in [2.45, 2.75) is 38.3 Å². The van der Waals surface area contributed by atoms with Gasteiger partial charge in [-0.1, -0.05) is 17.7 Å². The second-order valence-corrected chi connectivity index (χ2v) is 5.47. The standard InChI is InChI=1S/C15H20F2N2O2.ClH/c1-9-4-5-13(21-3)11(6-9)10(2)19-14(20)12-7-15(16,17)8-18-12;/h4-6,10,12,18H,7-8H2,1-3H3,(H,19,20);1H. The lowest BCUT2D eigenvalue weighted by atomic mass is 10.0. The van der Waals surface area contributed by atoms with Crippen molar-refractivity contribution in [2.75, 3.05) is 13.7 Å². The Hall–Kier alpha value is -1.40. The van der Waals surface area contributed by atoms with Crippen LogP contribution < -0.4 is 15.4 Å². The summed E-state index contributed by atoms with van der Waals surface area (Å²) in [4.78, 5) is 12.1. The average Bonchev–Trinajstić information content (AvgIpc) is 2.79. The maximum absolute atomic E-state index is 13.1. The van der Waals surface area contributed by atoms with E-state index < -0.39 is 30.8 Å². The number of rotatable bonds is 4. The molecule has 124 valence electrons. The highest BCUT2D eigenvalue weighted by molar-refractivity contribution is 5.85. The molecular weight excluding hydrogens is 314 g/mol. The minimum atomic E-state index is -2.81. The molecule has 0 bridgehead atoms. The minimum absolute atomic E-state index is 0. The molecule has 2 N–H and O–H groups in total. The van der Waals surface area contributed by atoms with E-state index in [9.17, 15) is 13.6 Å². The Morgan fingerprint density at radius 1 is 1.50 bits per heavy atom. The molecule has 2 atom stereocenters. The van der Waals surface area contributed by atoms with Crippen molar-refractivity contribution in [2.24, 2.45) is 0 Å². The van der Waals surface area contributed by atoms with Gasteiger partial charge >= 0.3 is 0 Å². The number of methoxy groups -OCH3 is 1. The summed E-state index contributed by atoms with van der Waals surface area (Å²) < 4.78 is 31.5. The Labute approximate surface area is 135 Å². The predicted octanol–water partition coefficient (Wildman–Crippen LogP) is 2.60. The van der Waals surface area contributed by atoms with Gasteiger partial charge in [0.2, 0.25) is 5.91 Å². The van der Waals surface area contributed by atoms with E-state index in [-0.39, 0.29) is 18.4 Å². The van der Waals surface area contributed by atoms with Gasteiger partial charge in [0.25, 0.3) is 5.92 Å². The Kier molecular flexibility index (Phi) is 6.14. The third-order valence-corrected chi connectivity index (χ3v) is 3.64. The predicted molar refractivity (Wildman–Crippen MR) is 82.9 cm³/mol. The molecule has 1 aromatic rings. The molecule has 0 spiro atoms. The van der Waals surface area contributed by atoms with Crippen LogP contribution in [0.25, 0.3) is 0 Å². The van der Waals surface area contributed by atoms with Crippen molar-refractivity contribution in [1.82, 2.24) is 10.6 Å². The number of amides is 1. The monoisotopic (exact) mass is 334 g/mol. The van der Waals surface area contributed by atoms with Crippen LogP contribution in [0.2, 0.25) is 0 Å². The summed E-state index contributed by atoms with van der Waals surface area (Å²) in [6.07, 6.45) is -0.462. The van der Waals surface area contributed by atoms with Crippen LogP contribution in [0.4, 0.5) is 8.78 Å². The third kappa shape index (κ3) is 4.30. The van der Waals surface area contributed by atoms with Crippen LogP contribution in [0.5, 0.6) is 5.75 Å². The molecular formula is C15H21ClF2N2O2. The van der Waals surface area contributed by atoms with Crippen molar-refractivity contribution in [3.63, 3.8) is 0 Å². The first-order valence-corrected chi connectivity index (χ1v) is 6.88. The molecule has 1 fully saturated rings. The van der Waals surface area contributed by atoms with Gasteiger partial charge in [-0.25, -0.2) is 8.78 Å². The first-order valence-electron chi connectivity index (χ1n) is 6.88. The number of alkyl halides is 2. The van der Waals surface area contributed by atoms with Gasteiger partial charge in [-0.05, 0) is 19.9 Å². The SMILES string of the molecule is COc1ccc(C)cc1C(C)NC(=O)C1CC(F)(F)CN1.Cl. The smallest absolute Gasteiger partial charge is 0.262 e. The summed E-state index contributed by atoms with van der Waals surface area (Å²) in [6.45, 7) is 3.30. The van der Waals surface area contributed by atoms with Crippen LogP contribution >= 0.6 is 12.4 Å². The second kappa shape index (κ2) is 7.24. The highest BCUT2D eigenvalue weighted by Gasteiger charge is 2.42. The largest absolute Gasteiger partial charge is 0.496 e. The molecule has 1 saturated heterocycles. The Morgan fingerprint density at radius 2 is 2.18 bits per heavy atom. The highest BCUT2D eigenvalue weighted by Crippen LogP contribution is 2.28. The summed E-state index contributed by atoms with van der Waals surface area (Å²) >= 11 is 0. The topological polar surface area (TPSA) is 50.4 Å². The van der Waals surface area contributed by atoms with Crippen molar-refractivity contribution >= 4 is 18.3 Å². The van der Waals surface area contributed by atoms with E-state index >= 15 is 0 Å². The molecule has 4 nitrogen and oxygen atoms in total. The van der Waals surface area contributed by atoms with Gasteiger partial charge in [0.15, 0.2) is 0 Å². The molecule has 1 aliphatic rings. The van der Waals surface area contributed by atoms with Gasteiger partial charge in [-0.2, -0.15) is 0 Å². The molecule has 0 aromatic heterocycles. The summed E-state index contributed by atoms with van der Waals surface area (Å²) in [5.41, 5.74) is 1.87. The average molecular weight is 335 g/mol. The first-order chi connectivity index (χ1) is 9.82. The molecule has 22 heavy (non-hydrogen) atoms. The zero-order chi connectivity index (χ0) is 15.6. The van der Waals surface area contributed by atoms with Crippen LogP contribution in [0.3, 0.4) is 0 Å². The van der Waals surface area contributed by atoms with Crippen LogP contribution in [-0.4, -0.2) is 31.5 Å². The summed E-state index contributed by atoms with van der Waals surface area (Å²) in [6, 6.07) is 4.49. The number of ether oxygens (including phenoxy) is 1. The van der Waals surface area contributed by atoms with Crippen molar-refractivity contribution in [1.29, 1.82) is 0 Å². The van der Waals surface area contributed by atoms with Gasteiger partial charge in [-0.15, -0.1) is 12.4 Å². The lowest BCUT2D eigenvalue weighted by Crippen LogP contribution is -2.41. The Morgan fingerprint density at radius 3 is 2.73 bits per heavy atom. The van der Waals surface area contributed by atoms with Crippen molar-refractivity contribution in [3.05, 3.63) is 29.3 Å². The van der Waals surface area contributed by atoms with E-state index in [1.165, 1.54) is 0 Å². The van der Waals surface area contributed by atoms with Crippen molar-refractivity contribution < 1.29 is 18.3 Å². The van der Waals surface area contributed by atoms with Crippen LogP contribution in [-0.2, 0) is 4.79 Å². The molecule has 1 amide bonds. The molecule has 1 aliphatic heterocycles. The fourth-order valence-electron chi connectivity index (χ4n) is 2.48. The molecule has 1 heterocycles. The molecule has 2 rings (SSSR count). The lowest BCUT2D eigenvalue weighted by molar-refractivity contribution is -0.124. The fourth-order valence-corrected chi connectivity index (χ4v) is 2.48. The number of hydrogen-bond donors (Lipinski definition) is 2. The molecule has 1 aromatic carbocycles. The van der Waals surface area contributed by atoms with E-state index in [0.717, 1.165) is 11.1 Å². The molecule has 7 heteroatoms. The molecule has 2 unspecified atom stereocenters. The van der Waals surface area contributed by atoms with E-state index in [1.54, 1.807) is 7.11 Å². The number of carbonyl (C=O) groups is 1. The van der Waals surface area contributed by atoms with Gasteiger partial charge in [0.05, 0.1) is 25.7 Å². The first kappa shape index (κ1) is 18.6. The van der Waals surface area contributed by atoms with E-state index in [1.807, 2.05) is 32.0 Å². The number of halogens is 3. The maximum atomic E-state index is 13.1. The maximum Gasteiger partial charge on any atom is 0.262 e. The van der Waals surface area contributed by atoms with E-state index in [4.69, 9.17) is 4.74 Å². The summed E-state index contributed by atoms with van der Waals surface area (Å²) in [5, 5.41) is 5.31. The molecule has 0 saturated carbocycles. The fraction of sp³-hybridized carbons (Fsp3) is 0.533. The zero-order valence-electron chi connectivity index (χ0n) is 12.8.